The number of carbonyl (C=O) groups is 3. The van der Waals surface area contributed by atoms with Crippen LogP contribution in [0.25, 0.3) is 0 Å². The lowest BCUT2D eigenvalue weighted by atomic mass is 9.53. The molecule has 0 aromatic heterocycles. The van der Waals surface area contributed by atoms with Gasteiger partial charge >= 0.3 is 11.9 Å². The van der Waals surface area contributed by atoms with Crippen molar-refractivity contribution in [2.75, 3.05) is 18.5 Å². The molecular weight excluding hydrogens is 334 g/mol. The molecule has 1 N–H and O–H groups in total. The molecule has 0 radical (unpaired) electrons. The number of fused-ring (bicyclic) bond motifs is 2. The van der Waals surface area contributed by atoms with Crippen molar-refractivity contribution < 1.29 is 23.9 Å². The number of esters is 2. The van der Waals surface area contributed by atoms with Gasteiger partial charge in [0, 0.05) is 5.69 Å². The Labute approximate surface area is 152 Å². The van der Waals surface area contributed by atoms with Crippen molar-refractivity contribution in [3.8, 4) is 0 Å². The van der Waals surface area contributed by atoms with Crippen molar-refractivity contribution in [1.29, 1.82) is 0 Å². The van der Waals surface area contributed by atoms with Crippen LogP contribution in [-0.2, 0) is 29.3 Å². The summed E-state index contributed by atoms with van der Waals surface area (Å²) in [6, 6.07) is 7.17. The Kier molecular flexibility index (Phi) is 4.61. The minimum Gasteiger partial charge on any atom is -0.465 e. The van der Waals surface area contributed by atoms with Crippen molar-refractivity contribution in [1.82, 2.24) is 0 Å². The average Bonchev–Trinajstić information content (AvgIpc) is 2.88. The Hall–Kier alpha value is -2.63. The molecule has 1 aromatic carbocycles. The van der Waals surface area contributed by atoms with E-state index in [2.05, 4.69) is 5.32 Å². The smallest absolute Gasteiger partial charge is 0.325 e. The van der Waals surface area contributed by atoms with Crippen LogP contribution in [0.15, 0.2) is 35.9 Å². The third-order valence-electron chi connectivity index (χ3n) is 5.30. The summed E-state index contributed by atoms with van der Waals surface area (Å²) in [7, 11) is 0. The summed E-state index contributed by atoms with van der Waals surface area (Å²) in [6.07, 6.45) is 2.15. The van der Waals surface area contributed by atoms with Crippen LogP contribution < -0.4 is 5.32 Å². The lowest BCUT2D eigenvalue weighted by molar-refractivity contribution is -0.180. The predicted molar refractivity (Wildman–Crippen MR) is 95.4 cm³/mol. The Bertz CT molecular complexity index is 779. The highest BCUT2D eigenvalue weighted by molar-refractivity contribution is 6.16. The van der Waals surface area contributed by atoms with Gasteiger partial charge in [-0.15, -0.1) is 0 Å². The number of anilines is 1. The Balaban J connectivity index is 2.32. The van der Waals surface area contributed by atoms with Gasteiger partial charge in [-0.3, -0.25) is 14.4 Å². The highest BCUT2D eigenvalue weighted by atomic mass is 16.6. The summed E-state index contributed by atoms with van der Waals surface area (Å²) in [5.74, 6) is -1.80. The zero-order valence-corrected chi connectivity index (χ0v) is 15.3. The van der Waals surface area contributed by atoms with E-state index in [0.29, 0.717) is 11.3 Å². The molecular formula is C20H23NO5. The van der Waals surface area contributed by atoms with E-state index in [0.717, 1.165) is 5.57 Å². The number of nitrogens with one attached hydrogen (secondary N) is 1. The summed E-state index contributed by atoms with van der Waals surface area (Å²) in [6.45, 7) is 5.48. The van der Waals surface area contributed by atoms with Gasteiger partial charge in [0.1, 0.15) is 5.41 Å². The highest BCUT2D eigenvalue weighted by Crippen LogP contribution is 2.58. The number of benzene rings is 1. The van der Waals surface area contributed by atoms with Gasteiger partial charge in [0.15, 0.2) is 5.41 Å². The lowest BCUT2D eigenvalue weighted by Gasteiger charge is -2.45. The number of hydrogen-bond donors (Lipinski definition) is 1. The maximum Gasteiger partial charge on any atom is 0.325 e. The second-order valence-electron chi connectivity index (χ2n) is 6.68. The van der Waals surface area contributed by atoms with Gasteiger partial charge in [0.2, 0.25) is 5.91 Å². The Morgan fingerprint density at radius 3 is 2.35 bits per heavy atom. The number of allylic oxidation sites excluding steroid dienone is 2. The molecule has 0 fully saturated rings. The van der Waals surface area contributed by atoms with Crippen molar-refractivity contribution >= 4 is 23.5 Å². The molecule has 3 rings (SSSR count). The number of hydrogen-bond acceptors (Lipinski definition) is 5. The van der Waals surface area contributed by atoms with Crippen LogP contribution >= 0.6 is 0 Å². The van der Waals surface area contributed by atoms with E-state index < -0.39 is 22.8 Å². The molecule has 1 aliphatic carbocycles. The number of carbonyl (C=O) groups excluding carboxylic acids is 3. The number of ether oxygens (including phenoxy) is 2. The summed E-state index contributed by atoms with van der Waals surface area (Å²) < 4.78 is 10.6. The standard InChI is InChI=1S/C20H23NO5/c1-4-25-17(23)19(18(24)26-5-2)11-10-13(3)12-20(19)14-8-6-7-9-15(14)21-16(20)22/h6-10H,4-5,11-12H2,1-3H3,(H,21,22)/t20-/m1/s1. The van der Waals surface area contributed by atoms with Crippen molar-refractivity contribution in [2.45, 2.75) is 39.0 Å². The van der Waals surface area contributed by atoms with E-state index in [1.54, 1.807) is 38.1 Å². The molecule has 1 atom stereocenters. The van der Waals surface area contributed by atoms with Gasteiger partial charge in [-0.1, -0.05) is 29.8 Å². The van der Waals surface area contributed by atoms with Crippen LogP contribution in [0.4, 0.5) is 5.69 Å². The fourth-order valence-corrected chi connectivity index (χ4v) is 4.16. The Morgan fingerprint density at radius 1 is 1.12 bits per heavy atom. The summed E-state index contributed by atoms with van der Waals surface area (Å²) in [5, 5.41) is 2.85. The van der Waals surface area contributed by atoms with Gasteiger partial charge in [0.05, 0.1) is 13.2 Å². The van der Waals surface area contributed by atoms with Crippen molar-refractivity contribution in [2.24, 2.45) is 5.41 Å². The second-order valence-corrected chi connectivity index (χ2v) is 6.68. The molecule has 1 spiro atoms. The van der Waals surface area contributed by atoms with Crippen LogP contribution in [-0.4, -0.2) is 31.1 Å². The number of para-hydroxylation sites is 1. The van der Waals surface area contributed by atoms with E-state index in [1.807, 2.05) is 13.0 Å². The molecule has 138 valence electrons. The van der Waals surface area contributed by atoms with Crippen LogP contribution in [0.2, 0.25) is 0 Å². The van der Waals surface area contributed by atoms with Gasteiger partial charge < -0.3 is 14.8 Å². The average molecular weight is 357 g/mol. The van der Waals surface area contributed by atoms with Crippen molar-refractivity contribution in [3.05, 3.63) is 41.5 Å². The minimum atomic E-state index is -1.74. The third-order valence-corrected chi connectivity index (χ3v) is 5.30. The third kappa shape index (κ3) is 2.28. The summed E-state index contributed by atoms with van der Waals surface area (Å²) in [5.41, 5.74) is -0.916. The quantitative estimate of drug-likeness (QED) is 0.509. The zero-order chi connectivity index (χ0) is 18.9. The number of rotatable bonds is 4. The molecule has 1 amide bonds. The van der Waals surface area contributed by atoms with E-state index in [-0.39, 0.29) is 32.0 Å². The van der Waals surface area contributed by atoms with Gasteiger partial charge in [-0.05, 0) is 45.2 Å². The van der Waals surface area contributed by atoms with Crippen molar-refractivity contribution in [3.63, 3.8) is 0 Å². The van der Waals surface area contributed by atoms with Crippen LogP contribution in [0.1, 0.15) is 39.2 Å². The van der Waals surface area contributed by atoms with Crippen LogP contribution in [0.5, 0.6) is 0 Å². The Morgan fingerprint density at radius 2 is 1.73 bits per heavy atom. The largest absolute Gasteiger partial charge is 0.465 e. The summed E-state index contributed by atoms with van der Waals surface area (Å²) >= 11 is 0. The van der Waals surface area contributed by atoms with E-state index >= 15 is 0 Å². The molecule has 1 aliphatic heterocycles. The first-order chi connectivity index (χ1) is 12.4. The molecule has 0 bridgehead atoms. The topological polar surface area (TPSA) is 81.7 Å². The number of amides is 1. The molecule has 0 saturated carbocycles. The molecule has 0 unspecified atom stereocenters. The maximum atomic E-state index is 13.2. The van der Waals surface area contributed by atoms with Crippen LogP contribution in [0.3, 0.4) is 0 Å². The SMILES string of the molecule is CCOC(=O)C1(C(=O)OCC)CC=C(C)C[C@@]12C(=O)Nc1ccccc12. The second kappa shape index (κ2) is 6.59. The monoisotopic (exact) mass is 357 g/mol. The highest BCUT2D eigenvalue weighted by Gasteiger charge is 2.70. The van der Waals surface area contributed by atoms with Gasteiger partial charge in [0.25, 0.3) is 0 Å². The lowest BCUT2D eigenvalue weighted by Crippen LogP contribution is -2.61. The summed E-state index contributed by atoms with van der Waals surface area (Å²) in [4.78, 5) is 39.5. The zero-order valence-electron chi connectivity index (χ0n) is 15.3. The molecule has 1 aromatic rings. The molecule has 1 heterocycles. The first kappa shape index (κ1) is 18.2. The molecule has 2 aliphatic rings. The predicted octanol–water partition coefficient (Wildman–Crippen LogP) is 2.73. The molecule has 26 heavy (non-hydrogen) atoms. The maximum absolute atomic E-state index is 13.2. The normalized spacial score (nSPS) is 23.0. The fourth-order valence-electron chi connectivity index (χ4n) is 4.16. The first-order valence-electron chi connectivity index (χ1n) is 8.85. The van der Waals surface area contributed by atoms with Crippen LogP contribution in [0, 0.1) is 5.41 Å². The van der Waals surface area contributed by atoms with E-state index in [9.17, 15) is 14.4 Å². The van der Waals surface area contributed by atoms with Gasteiger partial charge in [-0.25, -0.2) is 0 Å². The first-order valence-corrected chi connectivity index (χ1v) is 8.85. The van der Waals surface area contributed by atoms with E-state index in [4.69, 9.17) is 9.47 Å². The fraction of sp³-hybridized carbons (Fsp3) is 0.450. The van der Waals surface area contributed by atoms with E-state index in [1.165, 1.54) is 0 Å². The molecule has 6 nitrogen and oxygen atoms in total. The van der Waals surface area contributed by atoms with Gasteiger partial charge in [-0.2, -0.15) is 0 Å². The molecule has 0 saturated heterocycles. The molecule has 6 heteroatoms. The minimum absolute atomic E-state index is 0.0677.